The van der Waals surface area contributed by atoms with Crippen molar-refractivity contribution < 1.29 is 15.3 Å². The normalized spacial score (nSPS) is 10.3. The molecule has 0 unspecified atom stereocenters. The van der Waals surface area contributed by atoms with Crippen molar-refractivity contribution in [2.24, 2.45) is 0 Å². The summed E-state index contributed by atoms with van der Waals surface area (Å²) in [5.41, 5.74) is 0.752. The summed E-state index contributed by atoms with van der Waals surface area (Å²) in [5.74, 6) is -0.720. The third-order valence-electron chi connectivity index (χ3n) is 2.31. The molecule has 0 heterocycles. The van der Waals surface area contributed by atoms with Crippen molar-refractivity contribution in [1.29, 1.82) is 0 Å². The van der Waals surface area contributed by atoms with Gasteiger partial charge in [-0.25, -0.2) is 0 Å². The van der Waals surface area contributed by atoms with Crippen molar-refractivity contribution in [3.05, 3.63) is 36.4 Å². The van der Waals surface area contributed by atoms with E-state index in [4.69, 9.17) is 0 Å². The van der Waals surface area contributed by atoms with E-state index in [1.165, 1.54) is 12.1 Å². The quantitative estimate of drug-likeness (QED) is 0.348. The highest BCUT2D eigenvalue weighted by molar-refractivity contribution is 7.80. The second-order valence-corrected chi connectivity index (χ2v) is 3.83. The van der Waals surface area contributed by atoms with Crippen molar-refractivity contribution in [3.8, 4) is 28.4 Å². The first-order chi connectivity index (χ1) is 7.61. The van der Waals surface area contributed by atoms with Gasteiger partial charge < -0.3 is 15.3 Å². The van der Waals surface area contributed by atoms with Crippen LogP contribution in [0.15, 0.2) is 41.3 Å². The molecule has 4 heteroatoms. The largest absolute Gasteiger partial charge is 0.507 e. The molecular weight excluding hydrogens is 224 g/mol. The Bertz CT molecular complexity index is 538. The predicted octanol–water partition coefficient (Wildman–Crippen LogP) is 2.76. The van der Waals surface area contributed by atoms with Crippen molar-refractivity contribution in [2.45, 2.75) is 4.90 Å². The second kappa shape index (κ2) is 3.98. The Morgan fingerprint density at radius 1 is 0.812 bits per heavy atom. The number of benzene rings is 2. The fourth-order valence-corrected chi connectivity index (χ4v) is 1.79. The lowest BCUT2D eigenvalue weighted by molar-refractivity contribution is 0.398. The zero-order valence-electron chi connectivity index (χ0n) is 8.25. The van der Waals surface area contributed by atoms with Crippen LogP contribution in [0.3, 0.4) is 0 Å². The first kappa shape index (κ1) is 10.7. The lowest BCUT2D eigenvalue weighted by Crippen LogP contribution is -1.83. The van der Waals surface area contributed by atoms with Crippen LogP contribution in [-0.2, 0) is 0 Å². The Kier molecular flexibility index (Phi) is 2.66. The number of hydrogen-bond acceptors (Lipinski definition) is 4. The Morgan fingerprint density at radius 2 is 1.44 bits per heavy atom. The molecule has 0 atom stereocenters. The number of phenols is 3. The fourth-order valence-electron chi connectivity index (χ4n) is 1.52. The number of phenolic OH excluding ortho intramolecular Hbond substituents is 3. The standard InChI is InChI=1S/C12H10O3S/c13-8-5-6-9(14)12(15)11(8)7-3-1-2-4-10(7)16/h1-6,13-16H. The molecule has 3 nitrogen and oxygen atoms in total. The molecule has 0 fully saturated rings. The molecule has 2 rings (SSSR count). The SMILES string of the molecule is Oc1ccc(O)c(-c2ccccc2S)c1O. The van der Waals surface area contributed by atoms with Gasteiger partial charge in [-0.1, -0.05) is 18.2 Å². The molecule has 0 amide bonds. The summed E-state index contributed by atoms with van der Waals surface area (Å²) in [4.78, 5) is 0.610. The van der Waals surface area contributed by atoms with Gasteiger partial charge in [0.15, 0.2) is 11.5 Å². The van der Waals surface area contributed by atoms with Crippen LogP contribution in [0.4, 0.5) is 0 Å². The van der Waals surface area contributed by atoms with Crippen molar-refractivity contribution >= 4 is 12.6 Å². The molecule has 16 heavy (non-hydrogen) atoms. The molecule has 0 aromatic heterocycles. The van der Waals surface area contributed by atoms with Crippen molar-refractivity contribution in [3.63, 3.8) is 0 Å². The van der Waals surface area contributed by atoms with Crippen molar-refractivity contribution in [2.75, 3.05) is 0 Å². The lowest BCUT2D eigenvalue weighted by Gasteiger charge is -2.10. The van der Waals surface area contributed by atoms with E-state index in [0.29, 0.717) is 10.5 Å². The van der Waals surface area contributed by atoms with Gasteiger partial charge in [-0.15, -0.1) is 12.6 Å². The molecule has 2 aromatic rings. The van der Waals surface area contributed by atoms with E-state index in [9.17, 15) is 15.3 Å². The van der Waals surface area contributed by atoms with Gasteiger partial charge in [0.1, 0.15) is 5.75 Å². The Hall–Kier alpha value is -1.81. The van der Waals surface area contributed by atoms with E-state index in [1.807, 2.05) is 0 Å². The molecule has 0 spiro atoms. The van der Waals surface area contributed by atoms with E-state index in [1.54, 1.807) is 24.3 Å². The van der Waals surface area contributed by atoms with Crippen LogP contribution >= 0.6 is 12.6 Å². The zero-order valence-corrected chi connectivity index (χ0v) is 9.15. The fraction of sp³-hybridized carbons (Fsp3) is 0. The minimum atomic E-state index is -0.346. The molecule has 0 aliphatic rings. The van der Waals surface area contributed by atoms with Gasteiger partial charge in [0.25, 0.3) is 0 Å². The van der Waals surface area contributed by atoms with Gasteiger partial charge in [-0.05, 0) is 18.2 Å². The van der Waals surface area contributed by atoms with Crippen LogP contribution in [0, 0.1) is 0 Å². The topological polar surface area (TPSA) is 60.7 Å². The molecule has 0 radical (unpaired) electrons. The average Bonchev–Trinajstić information content (AvgIpc) is 2.27. The van der Waals surface area contributed by atoms with E-state index in [0.717, 1.165) is 0 Å². The van der Waals surface area contributed by atoms with Gasteiger partial charge in [0, 0.05) is 10.5 Å². The average molecular weight is 234 g/mol. The van der Waals surface area contributed by atoms with Gasteiger partial charge in [-0.3, -0.25) is 0 Å². The van der Waals surface area contributed by atoms with E-state index < -0.39 is 0 Å². The summed E-state index contributed by atoms with van der Waals surface area (Å²) in [5, 5.41) is 28.8. The van der Waals surface area contributed by atoms with Crippen LogP contribution in [0.2, 0.25) is 0 Å². The van der Waals surface area contributed by atoms with E-state index >= 15 is 0 Å². The molecule has 0 saturated carbocycles. The molecule has 3 N–H and O–H groups in total. The summed E-state index contributed by atoms with van der Waals surface area (Å²) in [6.07, 6.45) is 0. The highest BCUT2D eigenvalue weighted by Crippen LogP contribution is 2.44. The molecular formula is C12H10O3S. The number of hydrogen-bond donors (Lipinski definition) is 4. The summed E-state index contributed by atoms with van der Waals surface area (Å²) in [6.45, 7) is 0. The molecule has 0 aliphatic heterocycles. The number of aromatic hydroxyl groups is 3. The molecule has 0 saturated heterocycles. The smallest absolute Gasteiger partial charge is 0.169 e. The number of rotatable bonds is 1. The minimum Gasteiger partial charge on any atom is -0.507 e. The van der Waals surface area contributed by atoms with Crippen LogP contribution < -0.4 is 0 Å². The third kappa shape index (κ3) is 1.67. The maximum Gasteiger partial charge on any atom is 0.169 e. The highest BCUT2D eigenvalue weighted by Gasteiger charge is 2.15. The first-order valence-corrected chi connectivity index (χ1v) is 5.08. The first-order valence-electron chi connectivity index (χ1n) is 4.63. The molecule has 0 bridgehead atoms. The van der Waals surface area contributed by atoms with E-state index in [-0.39, 0.29) is 22.8 Å². The zero-order chi connectivity index (χ0) is 11.7. The summed E-state index contributed by atoms with van der Waals surface area (Å²) >= 11 is 4.23. The predicted molar refractivity (Wildman–Crippen MR) is 64.1 cm³/mol. The Balaban J connectivity index is 2.74. The maximum atomic E-state index is 9.71. The maximum absolute atomic E-state index is 9.71. The van der Waals surface area contributed by atoms with Crippen LogP contribution in [0.25, 0.3) is 11.1 Å². The van der Waals surface area contributed by atoms with Gasteiger partial charge >= 0.3 is 0 Å². The number of thiol groups is 1. The Labute approximate surface area is 98.0 Å². The lowest BCUT2D eigenvalue weighted by atomic mass is 10.0. The van der Waals surface area contributed by atoms with Crippen LogP contribution in [0.5, 0.6) is 17.2 Å². The monoisotopic (exact) mass is 234 g/mol. The second-order valence-electron chi connectivity index (χ2n) is 3.34. The summed E-state index contributed by atoms with van der Waals surface area (Å²) in [6, 6.07) is 9.55. The van der Waals surface area contributed by atoms with Crippen molar-refractivity contribution in [1.82, 2.24) is 0 Å². The van der Waals surface area contributed by atoms with Gasteiger partial charge in [0.2, 0.25) is 0 Å². The van der Waals surface area contributed by atoms with Gasteiger partial charge in [0.05, 0.1) is 5.56 Å². The Morgan fingerprint density at radius 3 is 2.12 bits per heavy atom. The van der Waals surface area contributed by atoms with E-state index in [2.05, 4.69) is 12.6 Å². The summed E-state index contributed by atoms with van der Waals surface area (Å²) < 4.78 is 0. The minimum absolute atomic E-state index is 0.100. The molecule has 82 valence electrons. The molecule has 2 aromatic carbocycles. The molecule has 0 aliphatic carbocycles. The third-order valence-corrected chi connectivity index (χ3v) is 2.70. The van der Waals surface area contributed by atoms with Crippen LogP contribution in [0.1, 0.15) is 0 Å². The van der Waals surface area contributed by atoms with Gasteiger partial charge in [-0.2, -0.15) is 0 Å². The van der Waals surface area contributed by atoms with Crippen LogP contribution in [-0.4, -0.2) is 15.3 Å². The highest BCUT2D eigenvalue weighted by atomic mass is 32.1. The summed E-state index contributed by atoms with van der Waals surface area (Å²) in [7, 11) is 0.